The van der Waals surface area contributed by atoms with E-state index >= 15 is 0 Å². The van der Waals surface area contributed by atoms with E-state index in [1.54, 1.807) is 24.3 Å². The largest absolute Gasteiger partial charge is 0.389 e. The predicted octanol–water partition coefficient (Wildman–Crippen LogP) is 3.83. The minimum Gasteiger partial charge on any atom is -0.388 e. The first-order valence-electron chi connectivity index (χ1n) is 4.39. The normalized spacial score (nSPS) is 13.9. The number of alkyl halides is 3. The van der Waals surface area contributed by atoms with E-state index in [2.05, 4.69) is 15.9 Å². The van der Waals surface area contributed by atoms with Crippen molar-refractivity contribution in [3.05, 3.63) is 34.3 Å². The first-order valence-corrected chi connectivity index (χ1v) is 5.18. The van der Waals surface area contributed by atoms with Gasteiger partial charge in [-0.3, -0.25) is 0 Å². The number of aliphatic hydroxyl groups excluding tert-OH is 1. The Kier molecular flexibility index (Phi) is 4.16. The van der Waals surface area contributed by atoms with E-state index in [-0.39, 0.29) is 6.42 Å². The minimum absolute atomic E-state index is 0.300. The fourth-order valence-electron chi connectivity index (χ4n) is 1.15. The molecule has 5 heteroatoms. The number of rotatable bonds is 3. The Labute approximate surface area is 94.0 Å². The van der Waals surface area contributed by atoms with Crippen LogP contribution in [0.15, 0.2) is 28.7 Å². The minimum atomic E-state index is -4.21. The topological polar surface area (TPSA) is 20.2 Å². The van der Waals surface area contributed by atoms with Crippen LogP contribution in [0.5, 0.6) is 0 Å². The van der Waals surface area contributed by atoms with E-state index in [1.807, 2.05) is 0 Å². The molecule has 15 heavy (non-hydrogen) atoms. The Bertz CT molecular complexity index is 307. The summed E-state index contributed by atoms with van der Waals surface area (Å²) in [7, 11) is 0. The van der Waals surface area contributed by atoms with Crippen molar-refractivity contribution in [2.45, 2.75) is 25.1 Å². The molecule has 1 N–H and O–H groups in total. The molecule has 0 saturated heterocycles. The summed E-state index contributed by atoms with van der Waals surface area (Å²) < 4.78 is 36.5. The molecule has 0 heterocycles. The quantitative estimate of drug-likeness (QED) is 0.894. The molecule has 0 aliphatic carbocycles. The van der Waals surface area contributed by atoms with Gasteiger partial charge in [-0.05, 0) is 24.1 Å². The first kappa shape index (κ1) is 12.5. The van der Waals surface area contributed by atoms with Gasteiger partial charge >= 0.3 is 6.18 Å². The van der Waals surface area contributed by atoms with Crippen LogP contribution in [0.25, 0.3) is 0 Å². The van der Waals surface area contributed by atoms with Gasteiger partial charge in [-0.15, -0.1) is 0 Å². The Morgan fingerprint density at radius 1 is 1.20 bits per heavy atom. The summed E-state index contributed by atoms with van der Waals surface area (Å²) in [6, 6.07) is 6.58. The van der Waals surface area contributed by atoms with Crippen LogP contribution in [0.2, 0.25) is 0 Å². The number of hydrogen-bond donors (Lipinski definition) is 1. The third-order valence-electron chi connectivity index (χ3n) is 1.96. The van der Waals surface area contributed by atoms with Crippen LogP contribution < -0.4 is 0 Å². The fourth-order valence-corrected chi connectivity index (χ4v) is 1.42. The first-order chi connectivity index (χ1) is 6.88. The van der Waals surface area contributed by atoms with Crippen LogP contribution in [-0.2, 0) is 0 Å². The van der Waals surface area contributed by atoms with Gasteiger partial charge in [0.15, 0.2) is 0 Å². The van der Waals surface area contributed by atoms with E-state index in [9.17, 15) is 18.3 Å². The maximum atomic E-state index is 11.9. The van der Waals surface area contributed by atoms with E-state index < -0.39 is 18.7 Å². The third kappa shape index (κ3) is 4.66. The smallest absolute Gasteiger partial charge is 0.388 e. The number of hydrogen-bond acceptors (Lipinski definition) is 1. The highest BCUT2D eigenvalue weighted by atomic mass is 79.9. The Morgan fingerprint density at radius 3 is 2.20 bits per heavy atom. The Morgan fingerprint density at radius 2 is 1.73 bits per heavy atom. The van der Waals surface area contributed by atoms with Crippen molar-refractivity contribution in [3.63, 3.8) is 0 Å². The monoisotopic (exact) mass is 282 g/mol. The number of aliphatic hydroxyl groups is 1. The summed E-state index contributed by atoms with van der Waals surface area (Å²) in [6.07, 6.45) is -6.54. The summed E-state index contributed by atoms with van der Waals surface area (Å²) in [5, 5.41) is 9.46. The lowest BCUT2D eigenvalue weighted by Gasteiger charge is -2.12. The maximum absolute atomic E-state index is 11.9. The van der Waals surface area contributed by atoms with Gasteiger partial charge in [0.2, 0.25) is 0 Å². The highest BCUT2D eigenvalue weighted by Crippen LogP contribution is 2.27. The van der Waals surface area contributed by atoms with Gasteiger partial charge in [-0.25, -0.2) is 0 Å². The highest BCUT2D eigenvalue weighted by Gasteiger charge is 2.28. The second kappa shape index (κ2) is 4.99. The molecular weight excluding hydrogens is 273 g/mol. The molecule has 0 radical (unpaired) electrons. The molecule has 1 nitrogen and oxygen atoms in total. The van der Waals surface area contributed by atoms with Crippen molar-refractivity contribution >= 4 is 15.9 Å². The number of halogens is 4. The Hall–Kier alpha value is -0.550. The predicted molar refractivity (Wildman–Crippen MR) is 54.4 cm³/mol. The van der Waals surface area contributed by atoms with Crippen LogP contribution in [-0.4, -0.2) is 11.3 Å². The highest BCUT2D eigenvalue weighted by molar-refractivity contribution is 9.10. The SMILES string of the molecule is O[C@H](CCC(F)(F)F)c1ccc(Br)cc1. The summed E-state index contributed by atoms with van der Waals surface area (Å²) in [5.74, 6) is 0. The average molecular weight is 283 g/mol. The lowest BCUT2D eigenvalue weighted by Crippen LogP contribution is -2.09. The molecule has 1 rings (SSSR count). The molecule has 0 aliphatic heterocycles. The van der Waals surface area contributed by atoms with Crippen LogP contribution in [0.1, 0.15) is 24.5 Å². The summed E-state index contributed by atoms with van der Waals surface area (Å²) in [6.45, 7) is 0. The molecule has 1 atom stereocenters. The molecule has 0 aromatic heterocycles. The molecule has 1 aromatic rings. The molecular formula is C10H10BrF3O. The van der Waals surface area contributed by atoms with Gasteiger partial charge in [0.25, 0.3) is 0 Å². The van der Waals surface area contributed by atoms with Crippen molar-refractivity contribution in [2.24, 2.45) is 0 Å². The van der Waals surface area contributed by atoms with Crippen molar-refractivity contribution in [3.8, 4) is 0 Å². The summed E-state index contributed by atoms with van der Waals surface area (Å²) in [4.78, 5) is 0. The van der Waals surface area contributed by atoms with Crippen LogP contribution in [0.4, 0.5) is 13.2 Å². The second-order valence-electron chi connectivity index (χ2n) is 3.22. The molecule has 84 valence electrons. The zero-order valence-corrected chi connectivity index (χ0v) is 9.35. The lowest BCUT2D eigenvalue weighted by molar-refractivity contribution is -0.140. The van der Waals surface area contributed by atoms with E-state index in [1.165, 1.54) is 0 Å². The molecule has 0 spiro atoms. The molecule has 0 bridgehead atoms. The van der Waals surface area contributed by atoms with Crippen LogP contribution in [0, 0.1) is 0 Å². The molecule has 0 amide bonds. The second-order valence-corrected chi connectivity index (χ2v) is 4.14. The van der Waals surface area contributed by atoms with E-state index in [0.717, 1.165) is 4.47 Å². The van der Waals surface area contributed by atoms with Gasteiger partial charge in [-0.2, -0.15) is 13.2 Å². The molecule has 0 fully saturated rings. The summed E-state index contributed by atoms with van der Waals surface area (Å²) >= 11 is 3.20. The van der Waals surface area contributed by atoms with Gasteiger partial charge in [-0.1, -0.05) is 28.1 Å². The van der Waals surface area contributed by atoms with Crippen molar-refractivity contribution < 1.29 is 18.3 Å². The third-order valence-corrected chi connectivity index (χ3v) is 2.48. The standard InChI is InChI=1S/C10H10BrF3O/c11-8-3-1-7(2-4-8)9(15)5-6-10(12,13)14/h1-4,9,15H,5-6H2/t9-/m1/s1. The van der Waals surface area contributed by atoms with Crippen LogP contribution >= 0.6 is 15.9 Å². The van der Waals surface area contributed by atoms with E-state index in [0.29, 0.717) is 5.56 Å². The summed E-state index contributed by atoms with van der Waals surface area (Å²) in [5.41, 5.74) is 0.502. The molecule has 0 unspecified atom stereocenters. The van der Waals surface area contributed by atoms with Crippen molar-refractivity contribution in [1.29, 1.82) is 0 Å². The molecule has 0 aliphatic rings. The van der Waals surface area contributed by atoms with Crippen LogP contribution in [0.3, 0.4) is 0 Å². The van der Waals surface area contributed by atoms with Gasteiger partial charge in [0, 0.05) is 10.9 Å². The van der Waals surface area contributed by atoms with Gasteiger partial charge in [0.1, 0.15) is 0 Å². The Balaban J connectivity index is 2.54. The zero-order valence-electron chi connectivity index (χ0n) is 7.76. The fraction of sp³-hybridized carbons (Fsp3) is 0.400. The van der Waals surface area contributed by atoms with E-state index in [4.69, 9.17) is 0 Å². The maximum Gasteiger partial charge on any atom is 0.389 e. The van der Waals surface area contributed by atoms with Gasteiger partial charge < -0.3 is 5.11 Å². The number of benzene rings is 1. The van der Waals surface area contributed by atoms with Crippen molar-refractivity contribution in [2.75, 3.05) is 0 Å². The lowest BCUT2D eigenvalue weighted by atomic mass is 10.1. The average Bonchev–Trinajstić information content (AvgIpc) is 2.14. The molecule has 0 saturated carbocycles. The van der Waals surface area contributed by atoms with Gasteiger partial charge in [0.05, 0.1) is 6.10 Å². The van der Waals surface area contributed by atoms with Crippen molar-refractivity contribution in [1.82, 2.24) is 0 Å². The zero-order chi connectivity index (χ0) is 11.5. The molecule has 1 aromatic carbocycles.